The van der Waals surface area contributed by atoms with E-state index in [1.807, 2.05) is 39.8 Å². The first-order chi connectivity index (χ1) is 13.7. The highest BCUT2D eigenvalue weighted by molar-refractivity contribution is 5.97. The van der Waals surface area contributed by atoms with Gasteiger partial charge >= 0.3 is 0 Å². The Labute approximate surface area is 174 Å². The second kappa shape index (κ2) is 9.74. The molecule has 1 aliphatic heterocycles. The van der Waals surface area contributed by atoms with Crippen molar-refractivity contribution in [2.75, 3.05) is 13.7 Å². The van der Waals surface area contributed by atoms with E-state index in [-0.39, 0.29) is 48.1 Å². The van der Waals surface area contributed by atoms with Gasteiger partial charge in [-0.05, 0) is 25.2 Å². The smallest absolute Gasteiger partial charge is 0.243 e. The summed E-state index contributed by atoms with van der Waals surface area (Å²) < 4.78 is 0. The third-order valence-electron chi connectivity index (χ3n) is 6.45. The Hall–Kier alpha value is -1.89. The van der Waals surface area contributed by atoms with Crippen LogP contribution in [0.15, 0.2) is 12.2 Å². The van der Waals surface area contributed by atoms with Crippen LogP contribution in [0.4, 0.5) is 0 Å². The molecule has 2 rings (SSSR count). The van der Waals surface area contributed by atoms with Crippen molar-refractivity contribution in [3.63, 3.8) is 0 Å². The summed E-state index contributed by atoms with van der Waals surface area (Å²) in [5.74, 6) is -2.24. The number of amides is 3. The van der Waals surface area contributed by atoms with Gasteiger partial charge in [0, 0.05) is 19.0 Å². The summed E-state index contributed by atoms with van der Waals surface area (Å²) in [7, 11) is 1.57. The molecule has 164 valence electrons. The molecule has 7 atom stereocenters. The molecule has 0 saturated carbocycles. The molecule has 1 unspecified atom stereocenters. The molecule has 7 heteroatoms. The van der Waals surface area contributed by atoms with Crippen molar-refractivity contribution < 1.29 is 19.5 Å². The van der Waals surface area contributed by atoms with E-state index in [0.717, 1.165) is 12.8 Å². The summed E-state index contributed by atoms with van der Waals surface area (Å²) in [4.78, 5) is 41.0. The zero-order chi connectivity index (χ0) is 21.9. The number of hydrogen-bond acceptors (Lipinski definition) is 4. The molecule has 0 spiro atoms. The maximum atomic E-state index is 13.6. The number of hydrogen-bond donors (Lipinski definition) is 3. The van der Waals surface area contributed by atoms with Crippen LogP contribution in [0.1, 0.15) is 47.5 Å². The first kappa shape index (κ1) is 23.4. The van der Waals surface area contributed by atoms with Gasteiger partial charge in [0.05, 0.1) is 24.5 Å². The first-order valence-electron chi connectivity index (χ1n) is 10.8. The average molecular weight is 408 g/mol. The van der Waals surface area contributed by atoms with E-state index >= 15 is 0 Å². The molecular formula is C22H37N3O4. The zero-order valence-electron chi connectivity index (χ0n) is 18.5. The summed E-state index contributed by atoms with van der Waals surface area (Å²) in [5, 5.41) is 15.7. The van der Waals surface area contributed by atoms with Gasteiger partial charge in [-0.1, -0.05) is 46.3 Å². The van der Waals surface area contributed by atoms with Crippen molar-refractivity contribution in [3.05, 3.63) is 12.2 Å². The summed E-state index contributed by atoms with van der Waals surface area (Å²) >= 11 is 0. The number of carbonyl (C=O) groups excluding carboxylic acids is 3. The van der Waals surface area contributed by atoms with Crippen LogP contribution in [-0.2, 0) is 14.4 Å². The zero-order valence-corrected chi connectivity index (χ0v) is 18.5. The lowest BCUT2D eigenvalue weighted by Crippen LogP contribution is -2.55. The molecule has 0 bridgehead atoms. The van der Waals surface area contributed by atoms with Crippen molar-refractivity contribution in [2.24, 2.45) is 29.6 Å². The summed E-state index contributed by atoms with van der Waals surface area (Å²) in [6.07, 6.45) is 5.66. The monoisotopic (exact) mass is 407 g/mol. The standard InChI is InChI=1S/C22H37N3O4/c1-7-8-14(5)24-21(28)19-15-10-9-13(4)17(20(27)23-6)18(15)22(29)25(19)16(11-26)12(2)3/h9-10,12-19,26H,7-8,11H2,1-6H3,(H,23,27)(H,24,28)/t13-,14?,15+,16+,17-,18+,19+/m1/s1. The van der Waals surface area contributed by atoms with E-state index in [1.54, 1.807) is 11.9 Å². The highest BCUT2D eigenvalue weighted by Crippen LogP contribution is 2.45. The van der Waals surface area contributed by atoms with Crippen LogP contribution in [0, 0.1) is 29.6 Å². The molecule has 1 saturated heterocycles. The van der Waals surface area contributed by atoms with Gasteiger partial charge in [0.15, 0.2) is 0 Å². The number of nitrogens with one attached hydrogen (secondary N) is 2. The van der Waals surface area contributed by atoms with Crippen LogP contribution in [-0.4, -0.2) is 59.5 Å². The minimum absolute atomic E-state index is 0.00337. The van der Waals surface area contributed by atoms with Crippen LogP contribution in [0.5, 0.6) is 0 Å². The van der Waals surface area contributed by atoms with Gasteiger partial charge in [-0.2, -0.15) is 0 Å². The highest BCUT2D eigenvalue weighted by Gasteiger charge is 2.58. The number of fused-ring (bicyclic) bond motifs is 1. The molecule has 0 aromatic carbocycles. The predicted molar refractivity (Wildman–Crippen MR) is 112 cm³/mol. The van der Waals surface area contributed by atoms with E-state index in [0.29, 0.717) is 0 Å². The molecule has 2 aliphatic rings. The number of rotatable bonds is 8. The number of nitrogens with zero attached hydrogens (tertiary/aromatic N) is 1. The largest absolute Gasteiger partial charge is 0.394 e. The predicted octanol–water partition coefficient (Wildman–Crippen LogP) is 1.32. The van der Waals surface area contributed by atoms with Crippen molar-refractivity contribution in [1.29, 1.82) is 0 Å². The Morgan fingerprint density at radius 1 is 1.21 bits per heavy atom. The maximum Gasteiger partial charge on any atom is 0.243 e. The van der Waals surface area contributed by atoms with Gasteiger partial charge in [-0.15, -0.1) is 0 Å². The van der Waals surface area contributed by atoms with Crippen LogP contribution >= 0.6 is 0 Å². The topological polar surface area (TPSA) is 98.7 Å². The van der Waals surface area contributed by atoms with Gasteiger partial charge in [0.25, 0.3) is 0 Å². The lowest BCUT2D eigenvalue weighted by Gasteiger charge is -2.35. The molecule has 29 heavy (non-hydrogen) atoms. The number of carbonyl (C=O) groups is 3. The molecule has 1 heterocycles. The minimum atomic E-state index is -0.720. The Bertz CT molecular complexity index is 648. The minimum Gasteiger partial charge on any atom is -0.394 e. The summed E-state index contributed by atoms with van der Waals surface area (Å²) in [6, 6.07) is -1.20. The van der Waals surface area contributed by atoms with Crippen molar-refractivity contribution >= 4 is 17.7 Å². The fourth-order valence-corrected chi connectivity index (χ4v) is 4.92. The number of aliphatic hydroxyl groups excluding tert-OH is 1. The molecule has 0 aromatic rings. The van der Waals surface area contributed by atoms with E-state index < -0.39 is 23.9 Å². The second-order valence-corrected chi connectivity index (χ2v) is 8.87. The Balaban J connectivity index is 2.48. The van der Waals surface area contributed by atoms with E-state index in [2.05, 4.69) is 17.6 Å². The molecule has 3 amide bonds. The highest BCUT2D eigenvalue weighted by atomic mass is 16.3. The average Bonchev–Trinajstić information content (AvgIpc) is 2.94. The normalized spacial score (nSPS) is 30.8. The van der Waals surface area contributed by atoms with Gasteiger partial charge in [-0.3, -0.25) is 14.4 Å². The lowest BCUT2D eigenvalue weighted by molar-refractivity contribution is -0.144. The van der Waals surface area contributed by atoms with E-state index in [9.17, 15) is 19.5 Å². The van der Waals surface area contributed by atoms with Gasteiger partial charge in [0.2, 0.25) is 17.7 Å². The number of aliphatic hydroxyl groups is 1. The van der Waals surface area contributed by atoms with Gasteiger partial charge in [0.1, 0.15) is 6.04 Å². The fraction of sp³-hybridized carbons (Fsp3) is 0.773. The SMILES string of the molecule is CCCC(C)NC(=O)[C@@H]1[C@H]2C=C[C@@H](C)[C@@H](C(=O)NC)[C@H]2C(=O)N1[C@@H](CO)C(C)C. The summed E-state index contributed by atoms with van der Waals surface area (Å²) in [6.45, 7) is 9.58. The van der Waals surface area contributed by atoms with E-state index in [4.69, 9.17) is 0 Å². The van der Waals surface area contributed by atoms with Gasteiger partial charge < -0.3 is 20.6 Å². The van der Waals surface area contributed by atoms with Crippen LogP contribution in [0.2, 0.25) is 0 Å². The fourth-order valence-electron chi connectivity index (χ4n) is 4.92. The second-order valence-electron chi connectivity index (χ2n) is 8.87. The van der Waals surface area contributed by atoms with Crippen LogP contribution < -0.4 is 10.6 Å². The van der Waals surface area contributed by atoms with Gasteiger partial charge in [-0.25, -0.2) is 0 Å². The first-order valence-corrected chi connectivity index (χ1v) is 10.8. The Morgan fingerprint density at radius 3 is 2.38 bits per heavy atom. The molecule has 1 aliphatic carbocycles. The third-order valence-corrected chi connectivity index (χ3v) is 6.45. The van der Waals surface area contributed by atoms with E-state index in [1.165, 1.54) is 0 Å². The molecular weight excluding hydrogens is 370 g/mol. The van der Waals surface area contributed by atoms with Crippen LogP contribution in [0.25, 0.3) is 0 Å². The quantitative estimate of drug-likeness (QED) is 0.529. The Morgan fingerprint density at radius 2 is 1.86 bits per heavy atom. The third kappa shape index (κ3) is 4.49. The Kier molecular flexibility index (Phi) is 7.86. The van der Waals surface area contributed by atoms with Crippen molar-refractivity contribution in [2.45, 2.75) is 65.6 Å². The van der Waals surface area contributed by atoms with Crippen molar-refractivity contribution in [1.82, 2.24) is 15.5 Å². The molecule has 7 nitrogen and oxygen atoms in total. The van der Waals surface area contributed by atoms with Crippen LogP contribution in [0.3, 0.4) is 0 Å². The summed E-state index contributed by atoms with van der Waals surface area (Å²) in [5.41, 5.74) is 0. The number of likely N-dealkylation sites (tertiary alicyclic amines) is 1. The van der Waals surface area contributed by atoms with Crippen molar-refractivity contribution in [3.8, 4) is 0 Å². The molecule has 3 N–H and O–H groups in total. The lowest BCUT2D eigenvalue weighted by atomic mass is 9.70. The number of allylic oxidation sites excluding steroid dienone is 1. The molecule has 1 fully saturated rings. The molecule has 0 aromatic heterocycles. The maximum absolute atomic E-state index is 13.6. The molecule has 0 radical (unpaired) electrons.